The Kier molecular flexibility index (Phi) is 7.55. The lowest BCUT2D eigenvalue weighted by Crippen LogP contribution is -2.52. The average Bonchev–Trinajstić information content (AvgIpc) is 2.94. The molecule has 8 nitrogen and oxygen atoms in total. The number of anilines is 2. The zero-order valence-electron chi connectivity index (χ0n) is 19.2. The van der Waals surface area contributed by atoms with Crippen LogP contribution in [0.15, 0.2) is 36.4 Å². The maximum Gasteiger partial charge on any atom is 0.409 e. The minimum absolute atomic E-state index is 0.00206. The summed E-state index contributed by atoms with van der Waals surface area (Å²) in [6, 6.07) is 7.05. The molecule has 1 aliphatic heterocycles. The van der Waals surface area contributed by atoms with Crippen molar-refractivity contribution in [1.29, 1.82) is 0 Å². The molecule has 2 amide bonds. The lowest BCUT2D eigenvalue weighted by molar-refractivity contribution is -0.158. The summed E-state index contributed by atoms with van der Waals surface area (Å²) in [5, 5.41) is 2.45. The number of nitrogens with one attached hydrogen (secondary N) is 1. The maximum absolute atomic E-state index is 13.9. The summed E-state index contributed by atoms with van der Waals surface area (Å²) >= 11 is 0. The smallest absolute Gasteiger partial charge is 0.409 e. The quantitative estimate of drug-likeness (QED) is 0.653. The molecule has 0 aliphatic carbocycles. The summed E-state index contributed by atoms with van der Waals surface area (Å²) in [7, 11) is 6.00. The molecule has 1 heterocycles. The van der Waals surface area contributed by atoms with Crippen molar-refractivity contribution < 1.29 is 37.0 Å². The monoisotopic (exact) mass is 481 g/mol. The molecule has 1 atom stereocenters. The van der Waals surface area contributed by atoms with Crippen LogP contribution in [-0.2, 0) is 16.1 Å². The van der Waals surface area contributed by atoms with E-state index in [-0.39, 0.29) is 24.5 Å². The molecule has 0 fully saturated rings. The lowest BCUT2D eigenvalue weighted by atomic mass is 10.1. The summed E-state index contributed by atoms with van der Waals surface area (Å²) in [4.78, 5) is 27.6. The van der Waals surface area contributed by atoms with Gasteiger partial charge in [0.1, 0.15) is 6.04 Å². The van der Waals surface area contributed by atoms with Crippen molar-refractivity contribution in [2.24, 2.45) is 0 Å². The topological polar surface area (TPSA) is 80.3 Å². The van der Waals surface area contributed by atoms with Crippen molar-refractivity contribution in [3.05, 3.63) is 42.0 Å². The largest absolute Gasteiger partial charge is 0.493 e. The number of nitrogens with zero attached hydrogens (tertiary/aromatic N) is 2. The molecule has 11 heteroatoms. The second-order valence-electron chi connectivity index (χ2n) is 7.76. The molecule has 0 bridgehead atoms. The molecule has 0 spiro atoms. The molecule has 184 valence electrons. The third-order valence-electron chi connectivity index (χ3n) is 5.41. The fraction of sp³-hybridized carbons (Fsp3) is 0.391. The Morgan fingerprint density at radius 2 is 1.76 bits per heavy atom. The molecule has 3 rings (SSSR count). The van der Waals surface area contributed by atoms with E-state index in [2.05, 4.69) is 5.32 Å². The van der Waals surface area contributed by atoms with Gasteiger partial charge in [-0.15, -0.1) is 0 Å². The zero-order valence-corrected chi connectivity index (χ0v) is 19.2. The fourth-order valence-corrected chi connectivity index (χ4v) is 3.94. The van der Waals surface area contributed by atoms with Gasteiger partial charge in [0, 0.05) is 12.1 Å². The second-order valence-corrected chi connectivity index (χ2v) is 7.76. The number of fused-ring (bicyclic) bond motifs is 1. The van der Waals surface area contributed by atoms with Crippen LogP contribution in [0.25, 0.3) is 0 Å². The van der Waals surface area contributed by atoms with E-state index >= 15 is 0 Å². The second kappa shape index (κ2) is 10.2. The van der Waals surface area contributed by atoms with Crippen LogP contribution in [-0.4, -0.2) is 63.9 Å². The van der Waals surface area contributed by atoms with Crippen molar-refractivity contribution in [2.75, 3.05) is 45.1 Å². The molecule has 1 aliphatic rings. The molecule has 1 N–H and O–H groups in total. The zero-order chi connectivity index (χ0) is 25.0. The number of ether oxygens (including phenoxy) is 3. The molecule has 0 saturated carbocycles. The first-order chi connectivity index (χ1) is 16.1. The van der Waals surface area contributed by atoms with E-state index in [9.17, 15) is 22.8 Å². The Bertz CT molecular complexity index is 1060. The van der Waals surface area contributed by atoms with Crippen LogP contribution in [0.3, 0.4) is 0 Å². The molecule has 0 radical (unpaired) electrons. The highest BCUT2D eigenvalue weighted by atomic mass is 19.4. The highest BCUT2D eigenvalue weighted by Crippen LogP contribution is 2.40. The maximum atomic E-state index is 13.9. The first kappa shape index (κ1) is 25.2. The Balaban J connectivity index is 1.89. The predicted molar refractivity (Wildman–Crippen MR) is 119 cm³/mol. The van der Waals surface area contributed by atoms with Gasteiger partial charge in [-0.1, -0.05) is 18.2 Å². The van der Waals surface area contributed by atoms with E-state index in [1.54, 1.807) is 30.1 Å². The number of likely N-dealkylation sites (N-methyl/N-ethyl adjacent to an activating group) is 1. The van der Waals surface area contributed by atoms with Crippen molar-refractivity contribution in [3.8, 4) is 17.2 Å². The van der Waals surface area contributed by atoms with Crippen molar-refractivity contribution in [1.82, 2.24) is 4.90 Å². The summed E-state index contributed by atoms with van der Waals surface area (Å²) in [5.41, 5.74) is 0.797. The molecular weight excluding hydrogens is 455 g/mol. The van der Waals surface area contributed by atoms with Gasteiger partial charge in [0.2, 0.25) is 17.6 Å². The van der Waals surface area contributed by atoms with Crippen molar-refractivity contribution in [3.63, 3.8) is 0 Å². The van der Waals surface area contributed by atoms with Crippen LogP contribution in [0, 0.1) is 0 Å². The molecule has 2 aromatic carbocycles. The minimum Gasteiger partial charge on any atom is -0.493 e. The Labute approximate surface area is 195 Å². The van der Waals surface area contributed by atoms with Crippen LogP contribution < -0.4 is 24.4 Å². The number of amides is 2. The average molecular weight is 481 g/mol. The highest BCUT2D eigenvalue weighted by molar-refractivity contribution is 6.05. The Morgan fingerprint density at radius 1 is 1.09 bits per heavy atom. The fourth-order valence-electron chi connectivity index (χ4n) is 3.94. The van der Waals surface area contributed by atoms with Crippen molar-refractivity contribution >= 4 is 23.2 Å². The molecule has 0 unspecified atom stereocenters. The number of rotatable bonds is 7. The van der Waals surface area contributed by atoms with Gasteiger partial charge in [0.05, 0.1) is 45.7 Å². The highest BCUT2D eigenvalue weighted by Gasteiger charge is 2.49. The first-order valence-electron chi connectivity index (χ1n) is 10.3. The number of halogens is 3. The van der Waals surface area contributed by atoms with E-state index < -0.39 is 30.5 Å². The van der Waals surface area contributed by atoms with E-state index in [1.165, 1.54) is 39.5 Å². The molecule has 2 aromatic rings. The molecule has 34 heavy (non-hydrogen) atoms. The van der Waals surface area contributed by atoms with Gasteiger partial charge < -0.3 is 19.5 Å². The summed E-state index contributed by atoms with van der Waals surface area (Å²) < 4.78 is 57.8. The van der Waals surface area contributed by atoms with Gasteiger partial charge in [-0.05, 0) is 25.2 Å². The van der Waals surface area contributed by atoms with Gasteiger partial charge in [-0.25, -0.2) is 0 Å². The summed E-state index contributed by atoms with van der Waals surface area (Å²) in [5.74, 6) is -0.399. The van der Waals surface area contributed by atoms with Gasteiger partial charge in [0.25, 0.3) is 0 Å². The van der Waals surface area contributed by atoms with Crippen LogP contribution in [0.2, 0.25) is 0 Å². The number of hydrogen-bond donors (Lipinski definition) is 1. The minimum atomic E-state index is -4.80. The predicted octanol–water partition coefficient (Wildman–Crippen LogP) is 3.45. The Hall–Kier alpha value is -3.47. The van der Waals surface area contributed by atoms with E-state index in [4.69, 9.17) is 14.2 Å². The van der Waals surface area contributed by atoms with Gasteiger partial charge in [0.15, 0.2) is 11.5 Å². The number of carbonyl (C=O) groups is 2. The van der Waals surface area contributed by atoms with E-state index in [0.717, 1.165) is 0 Å². The molecular formula is C23H26F3N3O5. The SMILES string of the molecule is COc1ccc(CN(C)CC(=O)N2c3ccccc3NC(=O)C[C@@H]2C(F)(F)F)c(OC)c1OC. The van der Waals surface area contributed by atoms with Gasteiger partial charge in [-0.2, -0.15) is 13.2 Å². The third kappa shape index (κ3) is 5.19. The summed E-state index contributed by atoms with van der Waals surface area (Å²) in [6.45, 7) is -0.161. The standard InChI is InChI=1S/C23H26F3N3O5/c1-28(12-14-9-10-17(32-2)22(34-4)21(14)33-3)13-20(31)29-16-8-6-5-7-15(16)27-19(30)11-18(29)23(24,25)26/h5-10,18H,11-13H2,1-4H3,(H,27,30)/t18-/m1/s1. The van der Waals surface area contributed by atoms with Gasteiger partial charge in [-0.3, -0.25) is 19.4 Å². The number of hydrogen-bond acceptors (Lipinski definition) is 6. The normalized spacial score (nSPS) is 15.9. The van der Waals surface area contributed by atoms with Crippen molar-refractivity contribution in [2.45, 2.75) is 25.2 Å². The third-order valence-corrected chi connectivity index (χ3v) is 5.41. The van der Waals surface area contributed by atoms with Crippen LogP contribution in [0.4, 0.5) is 24.5 Å². The van der Waals surface area contributed by atoms with E-state index in [1.807, 2.05) is 0 Å². The van der Waals surface area contributed by atoms with Crippen LogP contribution in [0.1, 0.15) is 12.0 Å². The van der Waals surface area contributed by atoms with Gasteiger partial charge >= 0.3 is 6.18 Å². The number of benzene rings is 2. The number of carbonyl (C=O) groups excluding carboxylic acids is 2. The number of alkyl halides is 3. The lowest BCUT2D eigenvalue weighted by Gasteiger charge is -2.33. The van der Waals surface area contributed by atoms with Crippen LogP contribution in [0.5, 0.6) is 17.2 Å². The Morgan fingerprint density at radius 3 is 2.38 bits per heavy atom. The molecule has 0 aromatic heterocycles. The van der Waals surface area contributed by atoms with E-state index in [0.29, 0.717) is 27.7 Å². The number of methoxy groups -OCH3 is 3. The number of para-hydroxylation sites is 2. The molecule has 0 saturated heterocycles. The first-order valence-corrected chi connectivity index (χ1v) is 10.3. The summed E-state index contributed by atoms with van der Waals surface area (Å²) in [6.07, 6.45) is -5.69. The van der Waals surface area contributed by atoms with Crippen LogP contribution >= 0.6 is 0 Å².